The first kappa shape index (κ1) is 14.6. The Morgan fingerprint density at radius 1 is 1.22 bits per heavy atom. The van der Waals surface area contributed by atoms with Gasteiger partial charge in [-0.15, -0.1) is 0 Å². The fourth-order valence-electron chi connectivity index (χ4n) is 2.46. The number of Topliss-reactive ketones (excluding diaryl/α,β-unsaturated/α-hetero) is 1. The Morgan fingerprint density at radius 3 is 2.22 bits per heavy atom. The van der Waals surface area contributed by atoms with Gasteiger partial charge in [0.1, 0.15) is 11.8 Å². The Hall–Kier alpha value is -1.43. The molecule has 0 aromatic heterocycles. The highest BCUT2D eigenvalue weighted by Crippen LogP contribution is 2.30. The monoisotopic (exact) mass is 255 g/mol. The third-order valence-corrected chi connectivity index (χ3v) is 3.52. The molecule has 1 fully saturated rings. The summed E-state index contributed by atoms with van der Waals surface area (Å²) in [6.45, 7) is 1.48. The number of amides is 2. The molecule has 0 radical (unpaired) electrons. The molecule has 1 unspecified atom stereocenters. The third-order valence-electron chi connectivity index (χ3n) is 3.52. The number of carbonyl (C=O) groups excluding carboxylic acids is 3. The molecule has 1 aliphatic carbocycles. The molecule has 0 aromatic carbocycles. The van der Waals surface area contributed by atoms with Gasteiger partial charge in [0.2, 0.25) is 11.8 Å². The zero-order chi connectivity index (χ0) is 13.7. The molecule has 1 saturated carbocycles. The number of rotatable bonds is 5. The van der Waals surface area contributed by atoms with Gasteiger partial charge in [0.05, 0.1) is 0 Å². The molecule has 1 aliphatic rings. The van der Waals surface area contributed by atoms with Crippen molar-refractivity contribution in [1.29, 1.82) is 0 Å². The van der Waals surface area contributed by atoms with Crippen LogP contribution in [-0.2, 0) is 14.4 Å². The maximum absolute atomic E-state index is 12.1. The van der Waals surface area contributed by atoms with Crippen LogP contribution in [0.3, 0.4) is 0 Å². The molecule has 2 amide bonds. The van der Waals surface area contributed by atoms with Crippen LogP contribution in [0.15, 0.2) is 0 Å². The first-order valence-electron chi connectivity index (χ1n) is 6.27. The lowest BCUT2D eigenvalue weighted by atomic mass is 9.76. The van der Waals surface area contributed by atoms with Crippen LogP contribution in [0, 0.1) is 11.8 Å². The van der Waals surface area contributed by atoms with Crippen LogP contribution in [-0.4, -0.2) is 30.2 Å². The summed E-state index contributed by atoms with van der Waals surface area (Å²) in [5, 5.41) is 2.53. The van der Waals surface area contributed by atoms with Crippen LogP contribution in [0.1, 0.15) is 32.6 Å². The van der Waals surface area contributed by atoms with Crippen molar-refractivity contribution in [1.82, 2.24) is 5.32 Å². The number of primary amides is 1. The van der Waals surface area contributed by atoms with Crippen molar-refractivity contribution in [3.63, 3.8) is 0 Å². The van der Waals surface area contributed by atoms with Crippen LogP contribution < -0.4 is 16.8 Å². The standard InChI is InChI=1S/C12H21N3O3/c1-7(16)8-4-2-3-5-9(8)12(18)15-10(6-13)11(14)17/h8-10H,2-6,13H2,1H3,(H2,14,17)(H,15,18)/t8-,9-,10?/m1/s1. The average Bonchev–Trinajstić information content (AvgIpc) is 2.35. The van der Waals surface area contributed by atoms with E-state index in [1.807, 2.05) is 0 Å². The molecule has 1 rings (SSSR count). The first-order chi connectivity index (χ1) is 8.47. The highest BCUT2D eigenvalue weighted by molar-refractivity contribution is 5.91. The predicted molar refractivity (Wildman–Crippen MR) is 66.3 cm³/mol. The predicted octanol–water partition coefficient (Wildman–Crippen LogP) is -0.689. The summed E-state index contributed by atoms with van der Waals surface area (Å²) in [6, 6.07) is -0.855. The molecule has 0 heterocycles. The SMILES string of the molecule is CC(=O)[C@H]1CCCC[C@H]1C(=O)NC(CN)C(N)=O. The Labute approximate surface area is 106 Å². The van der Waals surface area contributed by atoms with Crippen molar-refractivity contribution < 1.29 is 14.4 Å². The fourth-order valence-corrected chi connectivity index (χ4v) is 2.46. The van der Waals surface area contributed by atoms with Crippen molar-refractivity contribution in [3.8, 4) is 0 Å². The van der Waals surface area contributed by atoms with Gasteiger partial charge in [0.25, 0.3) is 0 Å². The minimum Gasteiger partial charge on any atom is -0.368 e. The minimum absolute atomic E-state index is 0.0261. The first-order valence-corrected chi connectivity index (χ1v) is 6.27. The smallest absolute Gasteiger partial charge is 0.241 e. The van der Waals surface area contributed by atoms with E-state index in [0.29, 0.717) is 6.42 Å². The van der Waals surface area contributed by atoms with Crippen molar-refractivity contribution in [3.05, 3.63) is 0 Å². The van der Waals surface area contributed by atoms with Crippen molar-refractivity contribution in [2.75, 3.05) is 6.54 Å². The summed E-state index contributed by atoms with van der Waals surface area (Å²) >= 11 is 0. The van der Waals surface area contributed by atoms with Crippen molar-refractivity contribution >= 4 is 17.6 Å². The molecule has 0 aromatic rings. The normalized spacial score (nSPS) is 25.2. The lowest BCUT2D eigenvalue weighted by molar-refractivity contribution is -0.136. The molecule has 0 spiro atoms. The number of hydrogen-bond donors (Lipinski definition) is 3. The largest absolute Gasteiger partial charge is 0.368 e. The summed E-state index contributed by atoms with van der Waals surface area (Å²) in [7, 11) is 0. The number of nitrogens with one attached hydrogen (secondary N) is 1. The van der Waals surface area contributed by atoms with Crippen molar-refractivity contribution in [2.45, 2.75) is 38.6 Å². The van der Waals surface area contributed by atoms with Crippen LogP contribution in [0.25, 0.3) is 0 Å². The molecule has 6 heteroatoms. The van der Waals surface area contributed by atoms with Gasteiger partial charge in [-0.25, -0.2) is 0 Å². The van der Waals surface area contributed by atoms with E-state index >= 15 is 0 Å². The van der Waals surface area contributed by atoms with E-state index in [9.17, 15) is 14.4 Å². The second kappa shape index (κ2) is 6.49. The summed E-state index contributed by atoms with van der Waals surface area (Å²) in [6.07, 6.45) is 3.29. The van der Waals surface area contributed by atoms with E-state index in [-0.39, 0.29) is 30.1 Å². The summed E-state index contributed by atoms with van der Waals surface area (Å²) < 4.78 is 0. The molecular weight excluding hydrogens is 234 g/mol. The molecule has 6 nitrogen and oxygen atoms in total. The summed E-state index contributed by atoms with van der Waals surface area (Å²) in [5.41, 5.74) is 10.5. The number of nitrogens with two attached hydrogens (primary N) is 2. The minimum atomic E-state index is -0.855. The Balaban J connectivity index is 2.68. The third kappa shape index (κ3) is 3.53. The molecule has 0 saturated heterocycles. The average molecular weight is 255 g/mol. The maximum Gasteiger partial charge on any atom is 0.241 e. The van der Waals surface area contributed by atoms with Crippen LogP contribution >= 0.6 is 0 Å². The molecule has 0 bridgehead atoms. The Kier molecular flexibility index (Phi) is 5.27. The molecule has 3 atom stereocenters. The van der Waals surface area contributed by atoms with Crippen LogP contribution in [0.2, 0.25) is 0 Å². The van der Waals surface area contributed by atoms with Gasteiger partial charge in [0.15, 0.2) is 0 Å². The van der Waals surface area contributed by atoms with Gasteiger partial charge in [-0.1, -0.05) is 12.8 Å². The second-order valence-corrected chi connectivity index (χ2v) is 4.81. The number of ketones is 1. The van der Waals surface area contributed by atoms with Crippen molar-refractivity contribution in [2.24, 2.45) is 23.3 Å². The van der Waals surface area contributed by atoms with Gasteiger partial charge in [-0.2, -0.15) is 0 Å². The molecule has 18 heavy (non-hydrogen) atoms. The van der Waals surface area contributed by atoms with Gasteiger partial charge in [-0.3, -0.25) is 14.4 Å². The van der Waals surface area contributed by atoms with Gasteiger partial charge in [0, 0.05) is 18.4 Å². The Morgan fingerprint density at radius 2 is 1.78 bits per heavy atom. The van der Waals surface area contributed by atoms with E-state index < -0.39 is 11.9 Å². The molecular formula is C12H21N3O3. The summed E-state index contributed by atoms with van der Waals surface area (Å²) in [4.78, 5) is 34.6. The molecule has 0 aliphatic heterocycles. The van der Waals surface area contributed by atoms with E-state index in [1.54, 1.807) is 0 Å². The van der Waals surface area contributed by atoms with Gasteiger partial charge >= 0.3 is 0 Å². The van der Waals surface area contributed by atoms with Crippen LogP contribution in [0.4, 0.5) is 0 Å². The van der Waals surface area contributed by atoms with E-state index in [4.69, 9.17) is 11.5 Å². The highest BCUT2D eigenvalue weighted by Gasteiger charge is 2.34. The fraction of sp³-hybridized carbons (Fsp3) is 0.750. The molecule has 102 valence electrons. The topological polar surface area (TPSA) is 115 Å². The van der Waals surface area contributed by atoms with E-state index in [0.717, 1.165) is 19.3 Å². The van der Waals surface area contributed by atoms with Crippen LogP contribution in [0.5, 0.6) is 0 Å². The summed E-state index contributed by atoms with van der Waals surface area (Å²) in [5.74, 6) is -1.52. The second-order valence-electron chi connectivity index (χ2n) is 4.81. The van der Waals surface area contributed by atoms with E-state index in [1.165, 1.54) is 6.92 Å². The number of hydrogen-bond acceptors (Lipinski definition) is 4. The maximum atomic E-state index is 12.1. The quantitative estimate of drug-likeness (QED) is 0.603. The zero-order valence-electron chi connectivity index (χ0n) is 10.6. The van der Waals surface area contributed by atoms with Gasteiger partial charge in [-0.05, 0) is 19.8 Å². The highest BCUT2D eigenvalue weighted by atomic mass is 16.2. The molecule has 5 N–H and O–H groups in total. The Bertz CT molecular complexity index is 343. The number of carbonyl (C=O) groups is 3. The van der Waals surface area contributed by atoms with Gasteiger partial charge < -0.3 is 16.8 Å². The van der Waals surface area contributed by atoms with E-state index in [2.05, 4.69) is 5.32 Å². The lowest BCUT2D eigenvalue weighted by Gasteiger charge is -2.29. The zero-order valence-corrected chi connectivity index (χ0v) is 10.6. The lowest BCUT2D eigenvalue weighted by Crippen LogP contribution is -2.52.